The van der Waals surface area contributed by atoms with E-state index in [1.807, 2.05) is 11.1 Å². The minimum Gasteiger partial charge on any atom is -0.482 e. The summed E-state index contributed by atoms with van der Waals surface area (Å²) in [4.78, 5) is 11.7. The molecule has 0 atom stereocenters. The molecule has 1 N–H and O–H groups in total. The van der Waals surface area contributed by atoms with Gasteiger partial charge < -0.3 is 4.74 Å². The van der Waals surface area contributed by atoms with Gasteiger partial charge in [-0.05, 0) is 31.0 Å². The number of carbonyl (C=O) groups is 1. The summed E-state index contributed by atoms with van der Waals surface area (Å²) >= 11 is 9.32. The van der Waals surface area contributed by atoms with Gasteiger partial charge in [0.1, 0.15) is 5.75 Å². The summed E-state index contributed by atoms with van der Waals surface area (Å²) in [5.74, 6) is 0.361. The molecule has 0 unspecified atom stereocenters. The molecule has 2 rings (SSSR count). The van der Waals surface area contributed by atoms with E-state index in [1.165, 1.54) is 6.42 Å². The second-order valence-corrected chi connectivity index (χ2v) is 5.77. The van der Waals surface area contributed by atoms with E-state index in [0.717, 1.165) is 30.4 Å². The Kier molecular flexibility index (Phi) is 5.48. The Hall–Kier alpha value is -0.780. The number of amides is 1. The molecule has 104 valence electrons. The maximum atomic E-state index is 11.7. The van der Waals surface area contributed by atoms with Crippen molar-refractivity contribution < 1.29 is 9.53 Å². The lowest BCUT2D eigenvalue weighted by molar-refractivity contribution is -0.128. The van der Waals surface area contributed by atoms with E-state index >= 15 is 0 Å². The Balaban J connectivity index is 1.79. The third kappa shape index (κ3) is 4.67. The molecule has 1 aromatic carbocycles. The lowest BCUT2D eigenvalue weighted by Gasteiger charge is -2.26. The van der Waals surface area contributed by atoms with Crippen molar-refractivity contribution in [1.82, 2.24) is 10.4 Å². The standard InChI is InChI=1S/C13H16BrClN2O2/c14-10-4-5-12(11(15)8-10)19-9-13(18)16-17-6-2-1-3-7-17/h4-5,8H,1-3,6-7,9H2,(H,16,18). The second-order valence-electron chi connectivity index (χ2n) is 4.45. The number of carbonyl (C=O) groups excluding carboxylic acids is 1. The summed E-state index contributed by atoms with van der Waals surface area (Å²) in [5, 5.41) is 2.43. The molecule has 6 heteroatoms. The number of piperidine rings is 1. The highest BCUT2D eigenvalue weighted by molar-refractivity contribution is 9.10. The molecule has 0 aromatic heterocycles. The van der Waals surface area contributed by atoms with Gasteiger partial charge in [-0.2, -0.15) is 0 Å². The first-order valence-corrected chi connectivity index (χ1v) is 7.44. The molecule has 1 aliphatic rings. The van der Waals surface area contributed by atoms with Crippen molar-refractivity contribution in [2.75, 3.05) is 19.7 Å². The van der Waals surface area contributed by atoms with Gasteiger partial charge in [0.25, 0.3) is 5.91 Å². The predicted octanol–water partition coefficient (Wildman–Crippen LogP) is 3.00. The van der Waals surface area contributed by atoms with Crippen LogP contribution >= 0.6 is 27.5 Å². The molecule has 1 fully saturated rings. The summed E-state index contributed by atoms with van der Waals surface area (Å²) in [7, 11) is 0. The molecule has 1 saturated heterocycles. The van der Waals surface area contributed by atoms with Gasteiger partial charge in [-0.1, -0.05) is 34.0 Å². The van der Waals surface area contributed by atoms with E-state index in [9.17, 15) is 4.79 Å². The third-order valence-electron chi connectivity index (χ3n) is 2.89. The highest BCUT2D eigenvalue weighted by atomic mass is 79.9. The van der Waals surface area contributed by atoms with Gasteiger partial charge in [0, 0.05) is 17.6 Å². The first-order chi connectivity index (χ1) is 9.15. The Bertz CT molecular complexity index is 450. The van der Waals surface area contributed by atoms with Gasteiger partial charge in [0.15, 0.2) is 6.61 Å². The number of benzene rings is 1. The quantitative estimate of drug-likeness (QED) is 0.910. The molecular weight excluding hydrogens is 332 g/mol. The Labute approximate surface area is 126 Å². The van der Waals surface area contributed by atoms with Crippen LogP contribution in [0.3, 0.4) is 0 Å². The number of hydrazine groups is 1. The van der Waals surface area contributed by atoms with E-state index in [-0.39, 0.29) is 12.5 Å². The second kappa shape index (κ2) is 7.12. The Morgan fingerprint density at radius 2 is 2.11 bits per heavy atom. The monoisotopic (exact) mass is 346 g/mol. The van der Waals surface area contributed by atoms with Crippen LogP contribution in [-0.2, 0) is 4.79 Å². The molecular formula is C13H16BrClN2O2. The molecule has 1 heterocycles. The minimum atomic E-state index is -0.152. The fourth-order valence-electron chi connectivity index (χ4n) is 1.95. The fourth-order valence-corrected chi connectivity index (χ4v) is 2.68. The van der Waals surface area contributed by atoms with Gasteiger partial charge in [-0.15, -0.1) is 0 Å². The highest BCUT2D eigenvalue weighted by Crippen LogP contribution is 2.27. The van der Waals surface area contributed by atoms with Crippen molar-refractivity contribution in [2.24, 2.45) is 0 Å². The zero-order chi connectivity index (χ0) is 13.7. The summed E-state index contributed by atoms with van der Waals surface area (Å²) < 4.78 is 6.28. The van der Waals surface area contributed by atoms with Crippen LogP contribution in [0.25, 0.3) is 0 Å². The number of hydrogen-bond donors (Lipinski definition) is 1. The number of ether oxygens (including phenoxy) is 1. The van der Waals surface area contributed by atoms with Gasteiger partial charge in [-0.25, -0.2) is 5.01 Å². The number of halogens is 2. The topological polar surface area (TPSA) is 41.6 Å². The molecule has 19 heavy (non-hydrogen) atoms. The van der Waals surface area contributed by atoms with E-state index in [1.54, 1.807) is 12.1 Å². The summed E-state index contributed by atoms with van der Waals surface area (Å²) in [6.45, 7) is 1.79. The maximum absolute atomic E-state index is 11.7. The summed E-state index contributed by atoms with van der Waals surface area (Å²) in [5.41, 5.74) is 2.84. The minimum absolute atomic E-state index is 0.0299. The van der Waals surface area contributed by atoms with Gasteiger partial charge in [0.2, 0.25) is 0 Å². The molecule has 4 nitrogen and oxygen atoms in total. The number of nitrogens with zero attached hydrogens (tertiary/aromatic N) is 1. The lowest BCUT2D eigenvalue weighted by Crippen LogP contribution is -2.46. The molecule has 0 aliphatic carbocycles. The smallest absolute Gasteiger partial charge is 0.272 e. The zero-order valence-corrected chi connectivity index (χ0v) is 12.8. The summed E-state index contributed by atoms with van der Waals surface area (Å²) in [6.07, 6.45) is 3.48. The number of rotatable bonds is 4. The first-order valence-electron chi connectivity index (χ1n) is 6.27. The van der Waals surface area contributed by atoms with Crippen molar-refractivity contribution in [1.29, 1.82) is 0 Å². The van der Waals surface area contributed by atoms with Gasteiger partial charge in [0.05, 0.1) is 5.02 Å². The van der Waals surface area contributed by atoms with Crippen LogP contribution in [-0.4, -0.2) is 30.6 Å². The SMILES string of the molecule is O=C(COc1ccc(Br)cc1Cl)NN1CCCCC1. The highest BCUT2D eigenvalue weighted by Gasteiger charge is 2.13. The van der Waals surface area contributed by atoms with Crippen LogP contribution < -0.4 is 10.2 Å². The predicted molar refractivity (Wildman–Crippen MR) is 78.2 cm³/mol. The van der Waals surface area contributed by atoms with Crippen molar-refractivity contribution in [3.63, 3.8) is 0 Å². The largest absolute Gasteiger partial charge is 0.482 e. The normalized spacial score (nSPS) is 16.1. The van der Waals surface area contributed by atoms with Crippen LogP contribution in [0, 0.1) is 0 Å². The Morgan fingerprint density at radius 3 is 2.79 bits per heavy atom. The third-order valence-corrected chi connectivity index (χ3v) is 3.68. The van der Waals surface area contributed by atoms with E-state index in [0.29, 0.717) is 10.8 Å². The molecule has 0 spiro atoms. The number of nitrogens with one attached hydrogen (secondary N) is 1. The summed E-state index contributed by atoms with van der Waals surface area (Å²) in [6, 6.07) is 5.30. The Morgan fingerprint density at radius 1 is 1.37 bits per heavy atom. The van der Waals surface area contributed by atoms with Crippen molar-refractivity contribution >= 4 is 33.4 Å². The average molecular weight is 348 g/mol. The van der Waals surface area contributed by atoms with Gasteiger partial charge >= 0.3 is 0 Å². The van der Waals surface area contributed by atoms with Crippen LogP contribution in [0.5, 0.6) is 5.75 Å². The van der Waals surface area contributed by atoms with Gasteiger partial charge in [-0.3, -0.25) is 10.2 Å². The van der Waals surface area contributed by atoms with Crippen LogP contribution in [0.1, 0.15) is 19.3 Å². The molecule has 0 radical (unpaired) electrons. The lowest BCUT2D eigenvalue weighted by atomic mass is 10.2. The maximum Gasteiger partial charge on any atom is 0.272 e. The van der Waals surface area contributed by atoms with Crippen LogP contribution in [0.2, 0.25) is 5.02 Å². The number of hydrogen-bond acceptors (Lipinski definition) is 3. The molecule has 0 bridgehead atoms. The average Bonchev–Trinajstić information content (AvgIpc) is 2.39. The molecule has 1 aromatic rings. The van der Waals surface area contributed by atoms with E-state index in [2.05, 4.69) is 21.4 Å². The fraction of sp³-hybridized carbons (Fsp3) is 0.462. The van der Waals surface area contributed by atoms with E-state index < -0.39 is 0 Å². The molecule has 1 amide bonds. The van der Waals surface area contributed by atoms with Crippen LogP contribution in [0.4, 0.5) is 0 Å². The molecule has 0 saturated carbocycles. The van der Waals surface area contributed by atoms with Crippen molar-refractivity contribution in [2.45, 2.75) is 19.3 Å². The van der Waals surface area contributed by atoms with Crippen molar-refractivity contribution in [3.8, 4) is 5.75 Å². The first kappa shape index (κ1) is 14.6. The van der Waals surface area contributed by atoms with Crippen LogP contribution in [0.15, 0.2) is 22.7 Å². The van der Waals surface area contributed by atoms with Crippen molar-refractivity contribution in [3.05, 3.63) is 27.7 Å². The molecule has 1 aliphatic heterocycles. The van der Waals surface area contributed by atoms with E-state index in [4.69, 9.17) is 16.3 Å². The zero-order valence-electron chi connectivity index (χ0n) is 10.5.